The topological polar surface area (TPSA) is 44.5 Å². The zero-order valence-electron chi connectivity index (χ0n) is 9.96. The van der Waals surface area contributed by atoms with Gasteiger partial charge in [0.1, 0.15) is 0 Å². The Morgan fingerprint density at radius 1 is 1.35 bits per heavy atom. The fourth-order valence-electron chi connectivity index (χ4n) is 2.19. The molecule has 1 unspecified atom stereocenters. The van der Waals surface area contributed by atoms with Crippen molar-refractivity contribution in [3.05, 3.63) is 22.2 Å². The van der Waals surface area contributed by atoms with E-state index in [0.29, 0.717) is 16.5 Å². The van der Waals surface area contributed by atoms with Gasteiger partial charge in [0.15, 0.2) is 11.5 Å². The van der Waals surface area contributed by atoms with Gasteiger partial charge >= 0.3 is 0 Å². The lowest BCUT2D eigenvalue weighted by molar-refractivity contribution is 0.353. The molecule has 0 bridgehead atoms. The molecule has 17 heavy (non-hydrogen) atoms. The quantitative estimate of drug-likeness (QED) is 0.904. The van der Waals surface area contributed by atoms with Crippen LogP contribution in [0.1, 0.15) is 17.5 Å². The molecular weight excluding hydrogens is 261 g/mol. The van der Waals surface area contributed by atoms with Crippen molar-refractivity contribution in [2.75, 3.05) is 14.2 Å². The number of ether oxygens (including phenoxy) is 2. The van der Waals surface area contributed by atoms with Crippen molar-refractivity contribution >= 4 is 24.0 Å². The van der Waals surface area contributed by atoms with Crippen LogP contribution in [0.4, 0.5) is 0 Å². The molecule has 0 radical (unpaired) electrons. The van der Waals surface area contributed by atoms with Gasteiger partial charge in [-0.2, -0.15) is 0 Å². The SMILES string of the molecule is COc1cc2c(c(Cl)c1OC)CC(N)CC2.Cl. The van der Waals surface area contributed by atoms with Crippen LogP contribution in [0.15, 0.2) is 6.07 Å². The first-order valence-electron chi connectivity index (χ1n) is 5.35. The molecule has 0 saturated carbocycles. The van der Waals surface area contributed by atoms with Crippen molar-refractivity contribution in [3.63, 3.8) is 0 Å². The van der Waals surface area contributed by atoms with Gasteiger partial charge in [-0.05, 0) is 36.5 Å². The largest absolute Gasteiger partial charge is 0.493 e. The van der Waals surface area contributed by atoms with E-state index in [0.717, 1.165) is 24.8 Å². The molecule has 2 N–H and O–H groups in total. The van der Waals surface area contributed by atoms with Crippen LogP contribution < -0.4 is 15.2 Å². The number of halogens is 2. The molecule has 0 saturated heterocycles. The van der Waals surface area contributed by atoms with E-state index >= 15 is 0 Å². The van der Waals surface area contributed by atoms with Crippen LogP contribution in [0.25, 0.3) is 0 Å². The third-order valence-electron chi connectivity index (χ3n) is 3.06. The molecule has 1 aromatic rings. The highest BCUT2D eigenvalue weighted by molar-refractivity contribution is 6.33. The highest BCUT2D eigenvalue weighted by Gasteiger charge is 2.23. The maximum absolute atomic E-state index is 6.32. The van der Waals surface area contributed by atoms with E-state index in [2.05, 4.69) is 0 Å². The smallest absolute Gasteiger partial charge is 0.179 e. The maximum Gasteiger partial charge on any atom is 0.179 e. The van der Waals surface area contributed by atoms with Crippen LogP contribution in [0.5, 0.6) is 11.5 Å². The van der Waals surface area contributed by atoms with Gasteiger partial charge in [0.2, 0.25) is 0 Å². The minimum atomic E-state index is 0. The molecule has 2 rings (SSSR count). The summed E-state index contributed by atoms with van der Waals surface area (Å²) in [4.78, 5) is 0. The van der Waals surface area contributed by atoms with Crippen LogP contribution in [0.3, 0.4) is 0 Å². The Morgan fingerprint density at radius 3 is 2.65 bits per heavy atom. The van der Waals surface area contributed by atoms with Crippen LogP contribution in [-0.4, -0.2) is 20.3 Å². The zero-order valence-corrected chi connectivity index (χ0v) is 11.5. The van der Waals surface area contributed by atoms with E-state index in [1.54, 1.807) is 14.2 Å². The maximum atomic E-state index is 6.32. The summed E-state index contributed by atoms with van der Waals surface area (Å²) in [5.41, 5.74) is 8.29. The lowest BCUT2D eigenvalue weighted by atomic mass is 9.88. The Kier molecular flexibility index (Phi) is 4.92. The second-order valence-electron chi connectivity index (χ2n) is 4.07. The van der Waals surface area contributed by atoms with Gasteiger partial charge in [0.25, 0.3) is 0 Å². The second kappa shape index (κ2) is 5.80. The van der Waals surface area contributed by atoms with Gasteiger partial charge < -0.3 is 15.2 Å². The van der Waals surface area contributed by atoms with Crippen molar-refractivity contribution in [2.24, 2.45) is 5.73 Å². The van der Waals surface area contributed by atoms with Crippen molar-refractivity contribution in [3.8, 4) is 11.5 Å². The summed E-state index contributed by atoms with van der Waals surface area (Å²) in [6.45, 7) is 0. The van der Waals surface area contributed by atoms with E-state index in [1.165, 1.54) is 5.56 Å². The first-order valence-corrected chi connectivity index (χ1v) is 5.73. The predicted molar refractivity (Wildman–Crippen MR) is 71.8 cm³/mol. The number of hydrogen-bond acceptors (Lipinski definition) is 3. The molecule has 0 amide bonds. The summed E-state index contributed by atoms with van der Waals surface area (Å²) in [5.74, 6) is 1.30. The van der Waals surface area contributed by atoms with Crippen LogP contribution in [-0.2, 0) is 12.8 Å². The highest BCUT2D eigenvalue weighted by atomic mass is 35.5. The first-order chi connectivity index (χ1) is 7.67. The summed E-state index contributed by atoms with van der Waals surface area (Å²) in [5, 5.41) is 0.645. The summed E-state index contributed by atoms with van der Waals surface area (Å²) in [6.07, 6.45) is 2.77. The molecule has 1 aliphatic carbocycles. The Bertz CT molecular complexity index is 410. The number of hydrogen-bond donors (Lipinski definition) is 1. The monoisotopic (exact) mass is 277 g/mol. The Hall–Kier alpha value is -0.640. The third kappa shape index (κ3) is 2.62. The fraction of sp³-hybridized carbons (Fsp3) is 0.500. The molecule has 3 nitrogen and oxygen atoms in total. The number of aryl methyl sites for hydroxylation is 1. The summed E-state index contributed by atoms with van der Waals surface area (Å²) in [6, 6.07) is 2.20. The molecule has 96 valence electrons. The van der Waals surface area contributed by atoms with Crippen molar-refractivity contribution < 1.29 is 9.47 Å². The highest BCUT2D eigenvalue weighted by Crippen LogP contribution is 2.41. The van der Waals surface area contributed by atoms with Gasteiger partial charge in [0, 0.05) is 6.04 Å². The summed E-state index contributed by atoms with van der Waals surface area (Å²) >= 11 is 6.32. The molecular formula is C12H17Cl2NO2. The lowest BCUT2D eigenvalue weighted by Crippen LogP contribution is -2.28. The van der Waals surface area contributed by atoms with Gasteiger partial charge in [0.05, 0.1) is 19.2 Å². The number of rotatable bonds is 2. The molecule has 1 aliphatic rings. The molecule has 0 spiro atoms. The Balaban J connectivity index is 0.00000144. The molecule has 1 atom stereocenters. The van der Waals surface area contributed by atoms with Crippen molar-refractivity contribution in [2.45, 2.75) is 25.3 Å². The average molecular weight is 278 g/mol. The number of methoxy groups -OCH3 is 2. The zero-order chi connectivity index (χ0) is 11.7. The normalized spacial score (nSPS) is 18.0. The molecule has 1 aromatic carbocycles. The van der Waals surface area contributed by atoms with E-state index in [1.807, 2.05) is 6.07 Å². The van der Waals surface area contributed by atoms with Gasteiger partial charge in [-0.25, -0.2) is 0 Å². The standard InChI is InChI=1S/C12H16ClNO2.ClH/c1-15-10-5-7-3-4-8(14)6-9(7)11(13)12(10)16-2;/h5,8H,3-4,6,14H2,1-2H3;1H. The van der Waals surface area contributed by atoms with E-state index in [9.17, 15) is 0 Å². The van der Waals surface area contributed by atoms with Crippen molar-refractivity contribution in [1.82, 2.24) is 0 Å². The number of benzene rings is 1. The Labute approximate surface area is 113 Å². The first kappa shape index (κ1) is 14.4. The second-order valence-corrected chi connectivity index (χ2v) is 4.44. The van der Waals surface area contributed by atoms with E-state index < -0.39 is 0 Å². The Morgan fingerprint density at radius 2 is 2.06 bits per heavy atom. The van der Waals surface area contributed by atoms with Crippen LogP contribution >= 0.6 is 24.0 Å². The lowest BCUT2D eigenvalue weighted by Gasteiger charge is -2.24. The number of fused-ring (bicyclic) bond motifs is 1. The van der Waals surface area contributed by atoms with E-state index in [-0.39, 0.29) is 18.4 Å². The van der Waals surface area contributed by atoms with E-state index in [4.69, 9.17) is 26.8 Å². The molecule has 0 heterocycles. The molecule has 0 fully saturated rings. The van der Waals surface area contributed by atoms with Gasteiger partial charge in [-0.3, -0.25) is 0 Å². The summed E-state index contributed by atoms with van der Waals surface area (Å²) in [7, 11) is 3.22. The number of nitrogens with two attached hydrogens (primary N) is 1. The van der Waals surface area contributed by atoms with Gasteiger partial charge in [-0.15, -0.1) is 12.4 Å². The molecule has 0 aromatic heterocycles. The minimum absolute atomic E-state index is 0. The van der Waals surface area contributed by atoms with Gasteiger partial charge in [-0.1, -0.05) is 11.6 Å². The van der Waals surface area contributed by atoms with Crippen molar-refractivity contribution in [1.29, 1.82) is 0 Å². The molecule has 0 aliphatic heterocycles. The minimum Gasteiger partial charge on any atom is -0.493 e. The predicted octanol–water partition coefficient (Wildman–Crippen LogP) is 2.60. The molecule has 5 heteroatoms. The van der Waals surface area contributed by atoms with Crippen LogP contribution in [0.2, 0.25) is 5.02 Å². The summed E-state index contributed by atoms with van der Waals surface area (Å²) < 4.78 is 10.5. The average Bonchev–Trinajstić information content (AvgIpc) is 2.29. The third-order valence-corrected chi connectivity index (χ3v) is 3.46. The van der Waals surface area contributed by atoms with Crippen LogP contribution in [0, 0.1) is 0 Å². The fourth-order valence-corrected chi connectivity index (χ4v) is 2.56.